The van der Waals surface area contributed by atoms with Crippen LogP contribution in [-0.4, -0.2) is 21.8 Å². The van der Waals surface area contributed by atoms with E-state index in [4.69, 9.17) is 11.6 Å². The highest BCUT2D eigenvalue weighted by Gasteiger charge is 2.47. The predicted octanol–water partition coefficient (Wildman–Crippen LogP) is 5.74. The van der Waals surface area contributed by atoms with Crippen LogP contribution < -0.4 is 4.90 Å². The van der Waals surface area contributed by atoms with Gasteiger partial charge in [-0.25, -0.2) is 0 Å². The first kappa shape index (κ1) is 21.3. The molecular weight excluding hydrogens is 480 g/mol. The van der Waals surface area contributed by atoms with Crippen LogP contribution in [0.15, 0.2) is 71.0 Å². The normalized spacial score (nSPS) is 17.9. The van der Waals surface area contributed by atoms with Gasteiger partial charge in [-0.15, -0.1) is 0 Å². The van der Waals surface area contributed by atoms with Crippen LogP contribution in [0.25, 0.3) is 5.76 Å². The molecule has 2 heterocycles. The number of halogens is 2. The molecule has 3 aromatic rings. The van der Waals surface area contributed by atoms with E-state index in [9.17, 15) is 14.7 Å². The summed E-state index contributed by atoms with van der Waals surface area (Å²) < 4.78 is 0.879. The number of anilines is 1. The number of nitrogens with zero attached hydrogens (tertiary/aromatic N) is 2. The lowest BCUT2D eigenvalue weighted by atomic mass is 9.95. The van der Waals surface area contributed by atoms with Gasteiger partial charge in [0.05, 0.1) is 11.6 Å². The van der Waals surface area contributed by atoms with E-state index in [1.54, 1.807) is 60.9 Å². The minimum absolute atomic E-state index is 0.0253. The summed E-state index contributed by atoms with van der Waals surface area (Å²) in [5.41, 5.74) is 3.33. The summed E-state index contributed by atoms with van der Waals surface area (Å²) in [6.45, 7) is 3.72. The molecule has 7 heteroatoms. The highest BCUT2D eigenvalue weighted by Crippen LogP contribution is 2.43. The first-order valence-corrected chi connectivity index (χ1v) is 10.7. The first-order valence-electron chi connectivity index (χ1n) is 9.53. The van der Waals surface area contributed by atoms with Gasteiger partial charge in [-0.05, 0) is 66.9 Å². The zero-order valence-corrected chi connectivity index (χ0v) is 19.1. The maximum atomic E-state index is 13.2. The van der Waals surface area contributed by atoms with Crippen molar-refractivity contribution in [2.24, 2.45) is 0 Å². The highest BCUT2D eigenvalue weighted by atomic mass is 79.9. The molecule has 0 radical (unpaired) electrons. The molecular formula is C24H18BrClN2O3. The maximum Gasteiger partial charge on any atom is 0.300 e. The van der Waals surface area contributed by atoms with Crippen molar-refractivity contribution in [3.05, 3.63) is 98.2 Å². The van der Waals surface area contributed by atoms with Crippen molar-refractivity contribution in [3.63, 3.8) is 0 Å². The Balaban J connectivity index is 1.98. The molecule has 0 bridgehead atoms. The van der Waals surface area contributed by atoms with Crippen molar-refractivity contribution in [2.45, 2.75) is 19.9 Å². The molecule has 4 rings (SSSR count). The zero-order chi connectivity index (χ0) is 22.3. The largest absolute Gasteiger partial charge is 0.507 e. The molecule has 0 saturated carbocycles. The molecule has 156 valence electrons. The molecule has 1 atom stereocenters. The Labute approximate surface area is 193 Å². The third kappa shape index (κ3) is 3.77. The van der Waals surface area contributed by atoms with Gasteiger partial charge in [0.25, 0.3) is 11.7 Å². The van der Waals surface area contributed by atoms with Crippen molar-refractivity contribution in [2.75, 3.05) is 4.90 Å². The van der Waals surface area contributed by atoms with Gasteiger partial charge in [0.2, 0.25) is 0 Å². The fourth-order valence-corrected chi connectivity index (χ4v) is 4.14. The Hall–Kier alpha value is -2.96. The number of pyridine rings is 1. The molecule has 1 aliphatic heterocycles. The van der Waals surface area contributed by atoms with E-state index in [1.165, 1.54) is 4.90 Å². The molecule has 1 fully saturated rings. The summed E-state index contributed by atoms with van der Waals surface area (Å²) in [7, 11) is 0. The number of hydrogen-bond donors (Lipinski definition) is 1. The number of carbonyl (C=O) groups excluding carboxylic acids is 2. The smallest absolute Gasteiger partial charge is 0.300 e. The quantitative estimate of drug-likeness (QED) is 0.284. The van der Waals surface area contributed by atoms with Crippen LogP contribution in [0, 0.1) is 13.8 Å². The summed E-state index contributed by atoms with van der Waals surface area (Å²) in [4.78, 5) is 31.8. The Bertz CT molecular complexity index is 1240. The molecule has 0 spiro atoms. The Morgan fingerprint density at radius 2 is 1.74 bits per heavy atom. The molecule has 1 N–H and O–H groups in total. The second-order valence-electron chi connectivity index (χ2n) is 7.34. The number of hydrogen-bond acceptors (Lipinski definition) is 4. The molecule has 2 aromatic carbocycles. The third-order valence-electron chi connectivity index (χ3n) is 5.33. The van der Waals surface area contributed by atoms with E-state index < -0.39 is 17.7 Å². The van der Waals surface area contributed by atoms with E-state index in [0.29, 0.717) is 21.8 Å². The fourth-order valence-electron chi connectivity index (χ4n) is 3.73. The molecule has 1 aliphatic rings. The van der Waals surface area contributed by atoms with Crippen LogP contribution in [0.1, 0.15) is 28.3 Å². The van der Waals surface area contributed by atoms with E-state index >= 15 is 0 Å². The van der Waals surface area contributed by atoms with E-state index in [2.05, 4.69) is 20.9 Å². The number of benzene rings is 2. The lowest BCUT2D eigenvalue weighted by molar-refractivity contribution is -0.132. The molecule has 5 nitrogen and oxygen atoms in total. The van der Waals surface area contributed by atoms with Crippen molar-refractivity contribution in [3.8, 4) is 0 Å². The van der Waals surface area contributed by atoms with Crippen LogP contribution in [0.5, 0.6) is 0 Å². The first-order chi connectivity index (χ1) is 14.8. The van der Waals surface area contributed by atoms with Gasteiger partial charge < -0.3 is 5.11 Å². The summed E-state index contributed by atoms with van der Waals surface area (Å²) in [5.74, 6) is -1.69. The fraction of sp³-hybridized carbons (Fsp3) is 0.125. The maximum absolute atomic E-state index is 13.2. The summed E-state index contributed by atoms with van der Waals surface area (Å²) in [6.07, 6.45) is 3.17. The molecule has 31 heavy (non-hydrogen) atoms. The van der Waals surface area contributed by atoms with Crippen molar-refractivity contribution in [1.29, 1.82) is 0 Å². The van der Waals surface area contributed by atoms with Gasteiger partial charge in [0.1, 0.15) is 5.76 Å². The summed E-state index contributed by atoms with van der Waals surface area (Å²) in [6, 6.07) is 13.1. The molecule has 1 amide bonds. The number of Topliss-reactive ketones (excluding diaryl/α,β-unsaturated/α-hetero) is 1. The topological polar surface area (TPSA) is 70.5 Å². The number of ketones is 1. The number of rotatable bonds is 3. The second-order valence-corrected chi connectivity index (χ2v) is 8.64. The number of aryl methyl sites for hydroxylation is 2. The van der Waals surface area contributed by atoms with E-state index in [1.807, 2.05) is 13.8 Å². The molecule has 0 aliphatic carbocycles. The summed E-state index contributed by atoms with van der Waals surface area (Å²) >= 11 is 9.64. The molecule has 1 unspecified atom stereocenters. The van der Waals surface area contributed by atoms with Crippen LogP contribution in [0.4, 0.5) is 5.69 Å². The lowest BCUT2D eigenvalue weighted by Crippen LogP contribution is -2.30. The van der Waals surface area contributed by atoms with Crippen molar-refractivity contribution < 1.29 is 14.7 Å². The van der Waals surface area contributed by atoms with E-state index in [-0.39, 0.29) is 11.3 Å². The Morgan fingerprint density at radius 1 is 1.03 bits per heavy atom. The number of aromatic nitrogens is 1. The van der Waals surface area contributed by atoms with Crippen LogP contribution >= 0.6 is 27.5 Å². The minimum Gasteiger partial charge on any atom is -0.507 e. The van der Waals surface area contributed by atoms with Gasteiger partial charge >= 0.3 is 0 Å². The lowest BCUT2D eigenvalue weighted by Gasteiger charge is -2.27. The third-order valence-corrected chi connectivity index (χ3v) is 6.45. The minimum atomic E-state index is -0.816. The van der Waals surface area contributed by atoms with Crippen LogP contribution in [-0.2, 0) is 9.59 Å². The van der Waals surface area contributed by atoms with Gasteiger partial charge in [0, 0.05) is 33.1 Å². The zero-order valence-electron chi connectivity index (χ0n) is 16.8. The standard InChI is InChI=1S/C24H18BrClN2O3/c1-13-3-5-17(26)12-19(13)28-21(15-7-9-27-10-8-15)20(23(30)24(28)31)22(29)16-4-6-18(25)14(2)11-16/h3-12,21,29H,1-2H3/b22-20+. The van der Waals surface area contributed by atoms with Crippen LogP contribution in [0.3, 0.4) is 0 Å². The monoisotopic (exact) mass is 496 g/mol. The Morgan fingerprint density at radius 3 is 2.42 bits per heavy atom. The van der Waals surface area contributed by atoms with Crippen molar-refractivity contribution in [1.82, 2.24) is 4.98 Å². The van der Waals surface area contributed by atoms with Gasteiger partial charge in [-0.2, -0.15) is 0 Å². The number of aliphatic hydroxyl groups is 1. The molecule has 1 aromatic heterocycles. The number of aliphatic hydroxyl groups excluding tert-OH is 1. The average Bonchev–Trinajstić information content (AvgIpc) is 3.02. The van der Waals surface area contributed by atoms with Gasteiger partial charge in [-0.3, -0.25) is 19.5 Å². The second kappa shape index (κ2) is 8.29. The number of carbonyl (C=O) groups is 2. The SMILES string of the molecule is Cc1cc(/C(O)=C2\C(=O)C(=O)N(c3cc(Cl)ccc3C)C2c2ccncc2)ccc1Br. The van der Waals surface area contributed by atoms with Crippen LogP contribution in [0.2, 0.25) is 5.02 Å². The highest BCUT2D eigenvalue weighted by molar-refractivity contribution is 9.10. The molecule has 1 saturated heterocycles. The van der Waals surface area contributed by atoms with Gasteiger partial charge in [-0.1, -0.05) is 39.7 Å². The van der Waals surface area contributed by atoms with E-state index in [0.717, 1.165) is 15.6 Å². The summed E-state index contributed by atoms with van der Waals surface area (Å²) in [5, 5.41) is 11.6. The number of amides is 1. The Kier molecular flexibility index (Phi) is 5.69. The average molecular weight is 498 g/mol. The van der Waals surface area contributed by atoms with Gasteiger partial charge in [0.15, 0.2) is 0 Å². The van der Waals surface area contributed by atoms with Crippen molar-refractivity contribution >= 4 is 50.7 Å². The predicted molar refractivity (Wildman–Crippen MR) is 124 cm³/mol.